The Kier molecular flexibility index (Phi) is 4.69. The first-order valence-corrected chi connectivity index (χ1v) is 7.49. The highest BCUT2D eigenvalue weighted by atomic mass is 35.5. The number of ether oxygens (including phenoxy) is 3. The van der Waals surface area contributed by atoms with Gasteiger partial charge in [0, 0.05) is 28.3 Å². The van der Waals surface area contributed by atoms with Crippen LogP contribution in [-0.4, -0.2) is 19.8 Å². The van der Waals surface area contributed by atoms with Gasteiger partial charge < -0.3 is 19.5 Å². The van der Waals surface area contributed by atoms with E-state index in [2.05, 4.69) is 5.32 Å². The smallest absolute Gasteiger partial charge is 0.251 e. The molecule has 5 nitrogen and oxygen atoms in total. The van der Waals surface area contributed by atoms with E-state index in [9.17, 15) is 4.79 Å². The Morgan fingerprint density at radius 2 is 2.09 bits per heavy atom. The molecule has 6 heteroatoms. The van der Waals surface area contributed by atoms with Crippen molar-refractivity contribution in [3.8, 4) is 11.5 Å². The molecular weight excluding hydrogens is 318 g/mol. The van der Waals surface area contributed by atoms with Crippen molar-refractivity contribution in [2.24, 2.45) is 0 Å². The van der Waals surface area contributed by atoms with Gasteiger partial charge in [0.2, 0.25) is 0 Å². The predicted octanol–water partition coefficient (Wildman–Crippen LogP) is 3.15. The fourth-order valence-corrected chi connectivity index (χ4v) is 2.67. The van der Waals surface area contributed by atoms with E-state index in [0.29, 0.717) is 29.5 Å². The number of fused-ring (bicyclic) bond motifs is 1. The molecule has 120 valence electrons. The molecule has 1 aliphatic rings. The van der Waals surface area contributed by atoms with Crippen LogP contribution < -0.4 is 14.8 Å². The SMILES string of the molecule is COc1ccc(C(=O)NCc2cc(Cl)cc3c2OCOC3)cc1. The topological polar surface area (TPSA) is 56.8 Å². The van der Waals surface area contributed by atoms with Crippen molar-refractivity contribution in [1.29, 1.82) is 0 Å². The zero-order valence-corrected chi connectivity index (χ0v) is 13.4. The van der Waals surface area contributed by atoms with Crippen molar-refractivity contribution in [3.05, 3.63) is 58.1 Å². The number of amides is 1. The van der Waals surface area contributed by atoms with Gasteiger partial charge in [-0.15, -0.1) is 0 Å². The normalized spacial score (nSPS) is 13.0. The van der Waals surface area contributed by atoms with Gasteiger partial charge in [-0.3, -0.25) is 4.79 Å². The summed E-state index contributed by atoms with van der Waals surface area (Å²) >= 11 is 6.11. The van der Waals surface area contributed by atoms with Gasteiger partial charge in [-0.25, -0.2) is 0 Å². The molecule has 0 bridgehead atoms. The lowest BCUT2D eigenvalue weighted by atomic mass is 10.1. The van der Waals surface area contributed by atoms with Crippen LogP contribution in [0, 0.1) is 0 Å². The Hall–Kier alpha value is -2.24. The summed E-state index contributed by atoms with van der Waals surface area (Å²) in [6, 6.07) is 10.5. The van der Waals surface area contributed by atoms with Gasteiger partial charge in [-0.05, 0) is 36.4 Å². The van der Waals surface area contributed by atoms with Crippen LogP contribution in [0.5, 0.6) is 11.5 Å². The Bertz CT molecular complexity index is 715. The number of nitrogens with one attached hydrogen (secondary N) is 1. The summed E-state index contributed by atoms with van der Waals surface area (Å²) in [5.74, 6) is 1.27. The molecule has 0 aliphatic carbocycles. The van der Waals surface area contributed by atoms with E-state index in [-0.39, 0.29) is 12.7 Å². The molecule has 0 saturated heterocycles. The Morgan fingerprint density at radius 3 is 2.83 bits per heavy atom. The number of halogens is 1. The van der Waals surface area contributed by atoms with Gasteiger partial charge >= 0.3 is 0 Å². The van der Waals surface area contributed by atoms with Crippen molar-refractivity contribution in [2.75, 3.05) is 13.9 Å². The lowest BCUT2D eigenvalue weighted by Gasteiger charge is -2.21. The number of hydrogen-bond acceptors (Lipinski definition) is 4. The zero-order chi connectivity index (χ0) is 16.2. The van der Waals surface area contributed by atoms with Gasteiger partial charge in [0.25, 0.3) is 5.91 Å². The largest absolute Gasteiger partial charge is 0.497 e. The first kappa shape index (κ1) is 15.6. The van der Waals surface area contributed by atoms with E-state index in [4.69, 9.17) is 25.8 Å². The summed E-state index contributed by atoms with van der Waals surface area (Å²) in [6.45, 7) is 0.983. The highest BCUT2D eigenvalue weighted by Crippen LogP contribution is 2.31. The molecule has 2 aromatic carbocycles. The van der Waals surface area contributed by atoms with Crippen LogP contribution in [-0.2, 0) is 17.9 Å². The van der Waals surface area contributed by atoms with Crippen molar-refractivity contribution < 1.29 is 19.0 Å². The molecule has 0 radical (unpaired) electrons. The minimum Gasteiger partial charge on any atom is -0.497 e. The molecule has 0 atom stereocenters. The van der Waals surface area contributed by atoms with Crippen LogP contribution in [0.15, 0.2) is 36.4 Å². The first-order valence-electron chi connectivity index (χ1n) is 7.11. The Morgan fingerprint density at radius 1 is 1.30 bits per heavy atom. The Balaban J connectivity index is 1.72. The summed E-state index contributed by atoms with van der Waals surface area (Å²) < 4.78 is 15.9. The predicted molar refractivity (Wildman–Crippen MR) is 85.9 cm³/mol. The third-order valence-corrected chi connectivity index (χ3v) is 3.76. The van der Waals surface area contributed by atoms with E-state index >= 15 is 0 Å². The molecule has 0 unspecified atom stereocenters. The maximum absolute atomic E-state index is 12.2. The van der Waals surface area contributed by atoms with Crippen LogP contribution >= 0.6 is 11.6 Å². The van der Waals surface area contributed by atoms with Crippen molar-refractivity contribution in [3.63, 3.8) is 0 Å². The van der Waals surface area contributed by atoms with Crippen LogP contribution in [0.25, 0.3) is 0 Å². The average Bonchev–Trinajstić information content (AvgIpc) is 2.59. The number of hydrogen-bond donors (Lipinski definition) is 1. The van der Waals surface area contributed by atoms with Gasteiger partial charge in [0.05, 0.1) is 13.7 Å². The number of carbonyl (C=O) groups excluding carboxylic acids is 1. The van der Waals surface area contributed by atoms with Crippen molar-refractivity contribution >= 4 is 17.5 Å². The van der Waals surface area contributed by atoms with E-state index in [0.717, 1.165) is 16.9 Å². The van der Waals surface area contributed by atoms with Crippen LogP contribution in [0.2, 0.25) is 5.02 Å². The number of methoxy groups -OCH3 is 1. The lowest BCUT2D eigenvalue weighted by molar-refractivity contribution is -0.0170. The van der Waals surface area contributed by atoms with Crippen LogP contribution in [0.3, 0.4) is 0 Å². The molecule has 0 spiro atoms. The third kappa shape index (κ3) is 3.57. The van der Waals surface area contributed by atoms with Crippen LogP contribution in [0.4, 0.5) is 0 Å². The van der Waals surface area contributed by atoms with Gasteiger partial charge in [0.15, 0.2) is 6.79 Å². The molecule has 3 rings (SSSR count). The summed E-state index contributed by atoms with van der Waals surface area (Å²) in [7, 11) is 1.58. The average molecular weight is 334 g/mol. The molecule has 1 amide bonds. The maximum atomic E-state index is 12.2. The van der Waals surface area contributed by atoms with Crippen LogP contribution in [0.1, 0.15) is 21.5 Å². The summed E-state index contributed by atoms with van der Waals surface area (Å²) in [5.41, 5.74) is 2.28. The van der Waals surface area contributed by atoms with E-state index < -0.39 is 0 Å². The maximum Gasteiger partial charge on any atom is 0.251 e. The molecule has 0 fully saturated rings. The number of carbonyl (C=O) groups is 1. The standard InChI is InChI=1S/C17H16ClNO4/c1-21-15-4-2-11(3-5-15)17(20)19-8-12-6-14(18)7-13-9-22-10-23-16(12)13/h2-7H,8-10H2,1H3,(H,19,20). The van der Waals surface area contributed by atoms with Crippen molar-refractivity contribution in [1.82, 2.24) is 5.32 Å². The first-order chi connectivity index (χ1) is 11.2. The highest BCUT2D eigenvalue weighted by molar-refractivity contribution is 6.30. The monoisotopic (exact) mass is 333 g/mol. The highest BCUT2D eigenvalue weighted by Gasteiger charge is 2.17. The molecule has 0 saturated carbocycles. The second-order valence-electron chi connectivity index (χ2n) is 5.07. The molecule has 2 aromatic rings. The van der Waals surface area contributed by atoms with Gasteiger partial charge in [-0.2, -0.15) is 0 Å². The Labute approximate surface area is 139 Å². The lowest BCUT2D eigenvalue weighted by Crippen LogP contribution is -2.24. The van der Waals surface area contributed by atoms with Crippen molar-refractivity contribution in [2.45, 2.75) is 13.2 Å². The zero-order valence-electron chi connectivity index (χ0n) is 12.6. The molecule has 0 aromatic heterocycles. The number of benzene rings is 2. The minimum absolute atomic E-state index is 0.173. The number of rotatable bonds is 4. The second-order valence-corrected chi connectivity index (χ2v) is 5.51. The quantitative estimate of drug-likeness (QED) is 0.934. The van der Waals surface area contributed by atoms with E-state index in [1.54, 1.807) is 37.4 Å². The third-order valence-electron chi connectivity index (χ3n) is 3.54. The summed E-state index contributed by atoms with van der Waals surface area (Å²) in [4.78, 5) is 12.2. The molecule has 1 heterocycles. The fraction of sp³-hybridized carbons (Fsp3) is 0.235. The summed E-state index contributed by atoms with van der Waals surface area (Å²) in [6.07, 6.45) is 0. The van der Waals surface area contributed by atoms with Gasteiger partial charge in [0.1, 0.15) is 11.5 Å². The van der Waals surface area contributed by atoms with E-state index in [1.165, 1.54) is 0 Å². The van der Waals surface area contributed by atoms with E-state index in [1.807, 2.05) is 6.07 Å². The summed E-state index contributed by atoms with van der Waals surface area (Å²) in [5, 5.41) is 3.46. The molecule has 1 aliphatic heterocycles. The van der Waals surface area contributed by atoms with Gasteiger partial charge in [-0.1, -0.05) is 11.6 Å². The molecular formula is C17H16ClNO4. The fourth-order valence-electron chi connectivity index (χ4n) is 2.41. The molecule has 1 N–H and O–H groups in total. The second kappa shape index (κ2) is 6.89. The molecule has 23 heavy (non-hydrogen) atoms. The minimum atomic E-state index is -0.173.